The number of nitrogens with zero attached hydrogens (tertiary/aromatic N) is 1. The van der Waals surface area contributed by atoms with Gasteiger partial charge >= 0.3 is 5.97 Å². The van der Waals surface area contributed by atoms with Crippen molar-refractivity contribution in [1.29, 1.82) is 0 Å². The lowest BCUT2D eigenvalue weighted by atomic mass is 10.1. The fraction of sp³-hybridized carbons (Fsp3) is 0.923. The SMILES string of the molecule is C[Si]1(C)CCCN1[C@@H]1CCCCCOC(=O)C1. The molecular weight excluding hydrogens is 230 g/mol. The Kier molecular flexibility index (Phi) is 4.25. The second-order valence-electron chi connectivity index (χ2n) is 6.04. The molecule has 2 saturated heterocycles. The van der Waals surface area contributed by atoms with E-state index in [1.807, 2.05) is 0 Å². The molecule has 1 atom stereocenters. The Morgan fingerprint density at radius 3 is 2.76 bits per heavy atom. The summed E-state index contributed by atoms with van der Waals surface area (Å²) in [4.78, 5) is 11.7. The van der Waals surface area contributed by atoms with Gasteiger partial charge in [-0.1, -0.05) is 25.9 Å². The zero-order chi connectivity index (χ0) is 12.3. The molecule has 0 radical (unpaired) electrons. The molecule has 0 N–H and O–H groups in total. The monoisotopic (exact) mass is 255 g/mol. The van der Waals surface area contributed by atoms with Crippen LogP contribution in [0.2, 0.25) is 19.1 Å². The molecule has 0 aromatic carbocycles. The van der Waals surface area contributed by atoms with Gasteiger partial charge < -0.3 is 9.30 Å². The largest absolute Gasteiger partial charge is 0.466 e. The summed E-state index contributed by atoms with van der Waals surface area (Å²) in [6, 6.07) is 1.85. The second-order valence-corrected chi connectivity index (χ2v) is 10.7. The molecular formula is C13H25NO2Si. The molecule has 0 amide bonds. The molecule has 2 fully saturated rings. The molecule has 17 heavy (non-hydrogen) atoms. The summed E-state index contributed by atoms with van der Waals surface area (Å²) >= 11 is 0. The van der Waals surface area contributed by atoms with Crippen molar-refractivity contribution in [1.82, 2.24) is 4.57 Å². The molecule has 0 bridgehead atoms. The highest BCUT2D eigenvalue weighted by molar-refractivity contribution is 6.75. The van der Waals surface area contributed by atoms with E-state index in [4.69, 9.17) is 4.74 Å². The Labute approximate surface area is 106 Å². The van der Waals surface area contributed by atoms with E-state index in [2.05, 4.69) is 17.7 Å². The average molecular weight is 255 g/mol. The van der Waals surface area contributed by atoms with Crippen LogP contribution in [0.25, 0.3) is 0 Å². The van der Waals surface area contributed by atoms with Crippen molar-refractivity contribution in [3.05, 3.63) is 0 Å². The van der Waals surface area contributed by atoms with Crippen LogP contribution in [0.5, 0.6) is 0 Å². The topological polar surface area (TPSA) is 29.5 Å². The van der Waals surface area contributed by atoms with Crippen molar-refractivity contribution in [2.45, 2.75) is 63.7 Å². The van der Waals surface area contributed by atoms with Gasteiger partial charge in [0.1, 0.15) is 8.24 Å². The van der Waals surface area contributed by atoms with Gasteiger partial charge in [-0.05, 0) is 31.9 Å². The molecule has 0 aromatic heterocycles. The molecule has 4 heteroatoms. The highest BCUT2D eigenvalue weighted by Gasteiger charge is 2.39. The predicted octanol–water partition coefficient (Wildman–Crippen LogP) is 2.77. The number of cyclic esters (lactones) is 1. The molecule has 0 spiro atoms. The van der Waals surface area contributed by atoms with Crippen molar-refractivity contribution in [3.63, 3.8) is 0 Å². The molecule has 0 unspecified atom stereocenters. The Bertz CT molecular complexity index is 281. The van der Waals surface area contributed by atoms with Crippen LogP contribution in [0.1, 0.15) is 38.5 Å². The molecule has 2 rings (SSSR count). The van der Waals surface area contributed by atoms with Gasteiger partial charge in [-0.25, -0.2) is 0 Å². The molecule has 2 aliphatic rings. The third-order valence-corrected chi connectivity index (χ3v) is 7.97. The summed E-state index contributed by atoms with van der Waals surface area (Å²) in [6.07, 6.45) is 6.63. The van der Waals surface area contributed by atoms with E-state index < -0.39 is 8.24 Å². The van der Waals surface area contributed by atoms with Crippen molar-refractivity contribution in [2.75, 3.05) is 13.2 Å². The van der Waals surface area contributed by atoms with E-state index in [0.29, 0.717) is 19.1 Å². The van der Waals surface area contributed by atoms with E-state index in [1.54, 1.807) is 0 Å². The van der Waals surface area contributed by atoms with Crippen LogP contribution in [0.4, 0.5) is 0 Å². The second kappa shape index (κ2) is 5.53. The van der Waals surface area contributed by atoms with Gasteiger partial charge in [-0.15, -0.1) is 0 Å². The van der Waals surface area contributed by atoms with Gasteiger partial charge in [0.25, 0.3) is 0 Å². The summed E-state index contributed by atoms with van der Waals surface area (Å²) < 4.78 is 7.95. The number of ether oxygens (including phenoxy) is 1. The highest BCUT2D eigenvalue weighted by Crippen LogP contribution is 2.31. The standard InChI is InChI=1S/C13H25NO2Si/c1-17(2)10-6-8-14(17)12-7-4-3-5-9-16-13(15)11-12/h12H,3-11H2,1-2H3/t12-/m1/s1. The van der Waals surface area contributed by atoms with Crippen molar-refractivity contribution >= 4 is 14.2 Å². The summed E-state index contributed by atoms with van der Waals surface area (Å²) in [5.41, 5.74) is 0. The minimum atomic E-state index is -1.22. The van der Waals surface area contributed by atoms with Crippen LogP contribution in [0.3, 0.4) is 0 Å². The molecule has 3 nitrogen and oxygen atoms in total. The summed E-state index contributed by atoms with van der Waals surface area (Å²) in [6.45, 7) is 6.72. The van der Waals surface area contributed by atoms with Crippen molar-refractivity contribution < 1.29 is 9.53 Å². The van der Waals surface area contributed by atoms with Crippen LogP contribution in [-0.4, -0.2) is 38.0 Å². The lowest BCUT2D eigenvalue weighted by Crippen LogP contribution is -2.50. The predicted molar refractivity (Wildman–Crippen MR) is 71.4 cm³/mol. The third-order valence-electron chi connectivity index (χ3n) is 4.25. The van der Waals surface area contributed by atoms with Crippen LogP contribution in [0, 0.1) is 0 Å². The molecule has 98 valence electrons. The normalized spacial score (nSPS) is 31.4. The number of hydrogen-bond donors (Lipinski definition) is 0. The first-order chi connectivity index (χ1) is 8.09. The van der Waals surface area contributed by atoms with Crippen LogP contribution >= 0.6 is 0 Å². The van der Waals surface area contributed by atoms with Gasteiger partial charge in [0.05, 0.1) is 13.0 Å². The number of esters is 1. The maximum atomic E-state index is 11.7. The maximum Gasteiger partial charge on any atom is 0.307 e. The molecule has 0 aromatic rings. The van der Waals surface area contributed by atoms with Crippen LogP contribution in [-0.2, 0) is 9.53 Å². The van der Waals surface area contributed by atoms with Gasteiger partial charge in [0.15, 0.2) is 0 Å². The minimum Gasteiger partial charge on any atom is -0.466 e. The van der Waals surface area contributed by atoms with Gasteiger partial charge in [0.2, 0.25) is 0 Å². The van der Waals surface area contributed by atoms with E-state index in [9.17, 15) is 4.79 Å². The summed E-state index contributed by atoms with van der Waals surface area (Å²) in [5, 5.41) is 0. The Balaban J connectivity index is 2.03. The molecule has 2 aliphatic heterocycles. The maximum absolute atomic E-state index is 11.7. The van der Waals surface area contributed by atoms with Gasteiger partial charge in [0, 0.05) is 6.04 Å². The number of hydrogen-bond acceptors (Lipinski definition) is 3. The molecule has 0 saturated carbocycles. The fourth-order valence-corrected chi connectivity index (χ4v) is 6.55. The lowest BCUT2D eigenvalue weighted by molar-refractivity contribution is -0.144. The first kappa shape index (κ1) is 13.1. The Morgan fingerprint density at radius 1 is 1.24 bits per heavy atom. The quantitative estimate of drug-likeness (QED) is 0.533. The highest BCUT2D eigenvalue weighted by atomic mass is 28.3. The van der Waals surface area contributed by atoms with Crippen molar-refractivity contribution in [2.24, 2.45) is 0 Å². The van der Waals surface area contributed by atoms with Crippen LogP contribution < -0.4 is 0 Å². The lowest BCUT2D eigenvalue weighted by Gasteiger charge is -2.36. The number of carbonyl (C=O) groups is 1. The Morgan fingerprint density at radius 2 is 2.06 bits per heavy atom. The first-order valence-corrected chi connectivity index (χ1v) is 10.2. The summed E-state index contributed by atoms with van der Waals surface area (Å²) in [7, 11) is -1.22. The van der Waals surface area contributed by atoms with E-state index in [0.717, 1.165) is 6.42 Å². The number of rotatable bonds is 1. The minimum absolute atomic E-state index is 0.0219. The average Bonchev–Trinajstić information content (AvgIpc) is 2.64. The molecule has 2 heterocycles. The number of carbonyl (C=O) groups excluding carboxylic acids is 1. The zero-order valence-electron chi connectivity index (χ0n) is 11.2. The zero-order valence-corrected chi connectivity index (χ0v) is 12.2. The van der Waals surface area contributed by atoms with Gasteiger partial charge in [-0.3, -0.25) is 4.79 Å². The summed E-state index contributed by atoms with van der Waals surface area (Å²) in [5.74, 6) is 0.0219. The van der Waals surface area contributed by atoms with E-state index >= 15 is 0 Å². The van der Waals surface area contributed by atoms with Crippen molar-refractivity contribution in [3.8, 4) is 0 Å². The van der Waals surface area contributed by atoms with Gasteiger partial charge in [-0.2, -0.15) is 0 Å². The van der Waals surface area contributed by atoms with E-state index in [1.165, 1.54) is 38.3 Å². The fourth-order valence-electron chi connectivity index (χ4n) is 3.27. The molecule has 0 aliphatic carbocycles. The smallest absolute Gasteiger partial charge is 0.307 e. The third kappa shape index (κ3) is 3.32. The first-order valence-electron chi connectivity index (χ1n) is 7.02. The van der Waals surface area contributed by atoms with Crippen LogP contribution in [0.15, 0.2) is 0 Å². The van der Waals surface area contributed by atoms with E-state index in [-0.39, 0.29) is 5.97 Å². The Hall–Kier alpha value is -0.353.